The van der Waals surface area contributed by atoms with Crippen LogP contribution >= 0.6 is 15.9 Å². The topological polar surface area (TPSA) is 0 Å². The molecule has 3 rings (SSSR count). The number of hydrogen-bond donors (Lipinski definition) is 0. The highest BCUT2D eigenvalue weighted by molar-refractivity contribution is 9.10. The minimum atomic E-state index is 0.400. The van der Waals surface area contributed by atoms with Gasteiger partial charge in [-0.25, -0.2) is 0 Å². The van der Waals surface area contributed by atoms with E-state index in [1.54, 1.807) is 0 Å². The number of hydrogen-bond acceptors (Lipinski definition) is 0. The first-order valence-corrected chi connectivity index (χ1v) is 8.56. The maximum absolute atomic E-state index is 3.72. The molecule has 0 amide bonds. The summed E-state index contributed by atoms with van der Waals surface area (Å²) in [4.78, 5) is 0. The number of rotatable bonds is 4. The van der Waals surface area contributed by atoms with Crippen molar-refractivity contribution in [2.24, 2.45) is 0 Å². The highest BCUT2D eigenvalue weighted by Crippen LogP contribution is 2.39. The molecule has 0 fully saturated rings. The van der Waals surface area contributed by atoms with Gasteiger partial charge >= 0.3 is 0 Å². The van der Waals surface area contributed by atoms with E-state index in [0.29, 0.717) is 5.92 Å². The van der Waals surface area contributed by atoms with Gasteiger partial charge in [0.05, 0.1) is 0 Å². The third-order valence-corrected chi connectivity index (χ3v) is 5.41. The predicted octanol–water partition coefficient (Wildman–Crippen LogP) is 6.26. The SMILES string of the molecule is CCCCc1ccc(C2C=Cc3c2ccc(C)c3Br)cc1. The molecule has 0 spiro atoms. The Balaban J connectivity index is 1.88. The minimum absolute atomic E-state index is 0.400. The van der Waals surface area contributed by atoms with Gasteiger partial charge in [0.1, 0.15) is 0 Å². The Hall–Kier alpha value is -1.34. The van der Waals surface area contributed by atoms with Crippen LogP contribution in [0.5, 0.6) is 0 Å². The first-order valence-electron chi connectivity index (χ1n) is 7.76. The van der Waals surface area contributed by atoms with E-state index < -0.39 is 0 Å². The molecule has 0 heterocycles. The lowest BCUT2D eigenvalue weighted by Gasteiger charge is -2.14. The minimum Gasteiger partial charge on any atom is -0.0720 e. The zero-order valence-electron chi connectivity index (χ0n) is 12.7. The van der Waals surface area contributed by atoms with Crippen LogP contribution in [0.15, 0.2) is 46.9 Å². The fraction of sp³-hybridized carbons (Fsp3) is 0.300. The number of aryl methyl sites for hydroxylation is 2. The van der Waals surface area contributed by atoms with Crippen molar-refractivity contribution in [1.82, 2.24) is 0 Å². The summed E-state index contributed by atoms with van der Waals surface area (Å²) in [6, 6.07) is 13.6. The van der Waals surface area contributed by atoms with Crippen molar-refractivity contribution in [2.75, 3.05) is 0 Å². The lowest BCUT2D eigenvalue weighted by molar-refractivity contribution is 0.794. The average molecular weight is 341 g/mol. The van der Waals surface area contributed by atoms with Crippen LogP contribution in [-0.4, -0.2) is 0 Å². The molecule has 0 radical (unpaired) electrons. The molecular formula is C20H21Br. The van der Waals surface area contributed by atoms with Crippen molar-refractivity contribution >= 4 is 22.0 Å². The van der Waals surface area contributed by atoms with E-state index in [1.807, 2.05) is 0 Å². The first kappa shape index (κ1) is 14.6. The predicted molar refractivity (Wildman–Crippen MR) is 94.8 cm³/mol. The summed E-state index contributed by atoms with van der Waals surface area (Å²) < 4.78 is 1.23. The Morgan fingerprint density at radius 3 is 2.52 bits per heavy atom. The van der Waals surface area contributed by atoms with Crippen LogP contribution in [0.25, 0.3) is 6.08 Å². The van der Waals surface area contributed by atoms with Crippen molar-refractivity contribution < 1.29 is 0 Å². The molecule has 0 saturated carbocycles. The van der Waals surface area contributed by atoms with Crippen LogP contribution < -0.4 is 0 Å². The number of fused-ring (bicyclic) bond motifs is 1. The second kappa shape index (κ2) is 6.19. The van der Waals surface area contributed by atoms with E-state index >= 15 is 0 Å². The molecule has 0 saturated heterocycles. The lowest BCUT2D eigenvalue weighted by Crippen LogP contribution is -1.97. The van der Waals surface area contributed by atoms with Gasteiger partial charge in [-0.15, -0.1) is 0 Å². The van der Waals surface area contributed by atoms with Gasteiger partial charge in [-0.1, -0.05) is 61.9 Å². The summed E-state index contributed by atoms with van der Waals surface area (Å²) >= 11 is 3.72. The molecule has 21 heavy (non-hydrogen) atoms. The zero-order chi connectivity index (χ0) is 14.8. The van der Waals surface area contributed by atoms with Crippen LogP contribution in [0.2, 0.25) is 0 Å². The van der Waals surface area contributed by atoms with E-state index in [9.17, 15) is 0 Å². The Bertz CT molecular complexity index is 665. The molecule has 1 aliphatic carbocycles. The van der Waals surface area contributed by atoms with Crippen molar-refractivity contribution in [2.45, 2.75) is 39.0 Å². The van der Waals surface area contributed by atoms with E-state index in [-0.39, 0.29) is 0 Å². The summed E-state index contributed by atoms with van der Waals surface area (Å²) in [7, 11) is 0. The van der Waals surface area contributed by atoms with Gasteiger partial charge in [-0.05, 0) is 63.5 Å². The van der Waals surface area contributed by atoms with Gasteiger partial charge in [0, 0.05) is 10.4 Å². The quantitative estimate of drug-likeness (QED) is 0.616. The maximum atomic E-state index is 3.72. The zero-order valence-corrected chi connectivity index (χ0v) is 14.3. The lowest BCUT2D eigenvalue weighted by atomic mass is 9.91. The first-order chi connectivity index (χ1) is 10.2. The van der Waals surface area contributed by atoms with Crippen LogP contribution in [0.3, 0.4) is 0 Å². The Morgan fingerprint density at radius 2 is 1.81 bits per heavy atom. The van der Waals surface area contributed by atoms with Gasteiger partial charge in [0.25, 0.3) is 0 Å². The third-order valence-electron chi connectivity index (χ3n) is 4.35. The fourth-order valence-electron chi connectivity index (χ4n) is 3.02. The molecular weight excluding hydrogens is 320 g/mol. The van der Waals surface area contributed by atoms with Gasteiger partial charge in [-0.2, -0.15) is 0 Å². The fourth-order valence-corrected chi connectivity index (χ4v) is 3.51. The smallest absolute Gasteiger partial charge is 0.0279 e. The molecule has 1 heteroatoms. The van der Waals surface area contributed by atoms with Crippen molar-refractivity contribution in [1.29, 1.82) is 0 Å². The molecule has 1 atom stereocenters. The number of unbranched alkanes of at least 4 members (excludes halogenated alkanes) is 1. The highest BCUT2D eigenvalue weighted by Gasteiger charge is 2.21. The molecule has 0 aliphatic heterocycles. The highest BCUT2D eigenvalue weighted by atomic mass is 79.9. The normalized spacial score (nSPS) is 16.2. The Kier molecular flexibility index (Phi) is 4.30. The van der Waals surface area contributed by atoms with E-state index in [2.05, 4.69) is 78.3 Å². The second-order valence-corrected chi connectivity index (χ2v) is 6.67. The molecule has 0 nitrogen and oxygen atoms in total. The maximum Gasteiger partial charge on any atom is 0.0279 e. The summed E-state index contributed by atoms with van der Waals surface area (Å²) in [5.74, 6) is 0.400. The van der Waals surface area contributed by atoms with Crippen molar-refractivity contribution in [3.05, 3.63) is 74.8 Å². The molecule has 1 unspecified atom stereocenters. The molecule has 2 aromatic rings. The molecule has 0 bridgehead atoms. The molecule has 0 aromatic heterocycles. The van der Waals surface area contributed by atoms with Gasteiger partial charge in [0.15, 0.2) is 0 Å². The van der Waals surface area contributed by atoms with Crippen LogP contribution in [0.4, 0.5) is 0 Å². The number of allylic oxidation sites excluding steroid dienone is 1. The molecule has 1 aliphatic rings. The summed E-state index contributed by atoms with van der Waals surface area (Å²) in [6.45, 7) is 4.39. The summed E-state index contributed by atoms with van der Waals surface area (Å²) in [5.41, 5.74) is 6.90. The summed E-state index contributed by atoms with van der Waals surface area (Å²) in [6.07, 6.45) is 8.29. The van der Waals surface area contributed by atoms with E-state index in [1.165, 1.54) is 51.6 Å². The molecule has 108 valence electrons. The van der Waals surface area contributed by atoms with Gasteiger partial charge < -0.3 is 0 Å². The van der Waals surface area contributed by atoms with Gasteiger partial charge in [0.2, 0.25) is 0 Å². The van der Waals surface area contributed by atoms with Crippen LogP contribution in [-0.2, 0) is 6.42 Å². The standard InChI is InChI=1S/C20H21Br/c1-3-4-5-15-7-9-16(10-8-15)17-12-13-19-18(17)11-6-14(2)20(19)21/h6-13,17H,3-5H2,1-2H3. The number of benzene rings is 2. The van der Waals surface area contributed by atoms with Crippen molar-refractivity contribution in [3.63, 3.8) is 0 Å². The largest absolute Gasteiger partial charge is 0.0720 e. The monoisotopic (exact) mass is 340 g/mol. The molecule has 0 N–H and O–H groups in total. The van der Waals surface area contributed by atoms with Crippen LogP contribution in [0, 0.1) is 6.92 Å². The third kappa shape index (κ3) is 2.85. The van der Waals surface area contributed by atoms with E-state index in [0.717, 1.165) is 0 Å². The Morgan fingerprint density at radius 1 is 1.05 bits per heavy atom. The Labute approximate surface area is 136 Å². The van der Waals surface area contributed by atoms with Crippen LogP contribution in [0.1, 0.15) is 53.5 Å². The summed E-state index contributed by atoms with van der Waals surface area (Å²) in [5, 5.41) is 0. The van der Waals surface area contributed by atoms with E-state index in [4.69, 9.17) is 0 Å². The van der Waals surface area contributed by atoms with Gasteiger partial charge in [-0.3, -0.25) is 0 Å². The number of halogens is 1. The second-order valence-electron chi connectivity index (χ2n) is 5.88. The average Bonchev–Trinajstić information content (AvgIpc) is 2.94. The molecule has 2 aromatic carbocycles. The van der Waals surface area contributed by atoms with Crippen molar-refractivity contribution in [3.8, 4) is 0 Å².